The van der Waals surface area contributed by atoms with Gasteiger partial charge in [0, 0.05) is 12.5 Å². The maximum absolute atomic E-state index is 12.5. The lowest BCUT2D eigenvalue weighted by atomic mass is 10.2. The molecule has 0 bridgehead atoms. The Morgan fingerprint density at radius 1 is 1.16 bits per heavy atom. The second kappa shape index (κ2) is 9.93. The molecule has 154 valence electrons. The van der Waals surface area contributed by atoms with Crippen molar-refractivity contribution in [3.8, 4) is 6.07 Å². The zero-order chi connectivity index (χ0) is 21.5. The van der Waals surface area contributed by atoms with Crippen LogP contribution in [0, 0.1) is 11.3 Å². The number of carbonyl (C=O) groups is 1. The molecule has 1 aromatic carbocycles. The predicted octanol–water partition coefficient (Wildman–Crippen LogP) is 5.15. The van der Waals surface area contributed by atoms with Crippen LogP contribution in [-0.4, -0.2) is 16.1 Å². The van der Waals surface area contributed by atoms with Crippen LogP contribution in [0.25, 0.3) is 6.08 Å². The Morgan fingerprint density at radius 2 is 2.03 bits per heavy atom. The molecule has 0 aliphatic rings. The molecule has 1 amide bonds. The normalized spacial score (nSPS) is 11.3. The number of rotatable bonds is 8. The van der Waals surface area contributed by atoms with Gasteiger partial charge in [0.15, 0.2) is 5.09 Å². The molecule has 0 atom stereocenters. The standard InChI is InChI=1S/C22H16N4O3S2/c23-13-16(12-17-8-9-20(29-17)30-14-18-7-4-10-28-18)21(27)24-22-26-25-19(31-22)11-15-5-2-1-3-6-15/h1-10,12H,11,14H2,(H,24,26,27)/b16-12-. The topological polar surface area (TPSA) is 105 Å². The number of aromatic nitrogens is 2. The van der Waals surface area contributed by atoms with Gasteiger partial charge in [-0.2, -0.15) is 5.26 Å². The monoisotopic (exact) mass is 448 g/mol. The SMILES string of the molecule is N#C/C(=C/c1ccc(SCc2ccco2)o1)C(=O)Nc1nnc(Cc2ccccc2)s1. The van der Waals surface area contributed by atoms with Gasteiger partial charge in [-0.3, -0.25) is 10.1 Å². The molecule has 0 saturated heterocycles. The van der Waals surface area contributed by atoms with Crippen molar-refractivity contribution in [1.29, 1.82) is 5.26 Å². The van der Waals surface area contributed by atoms with Gasteiger partial charge in [-0.25, -0.2) is 0 Å². The van der Waals surface area contributed by atoms with E-state index in [9.17, 15) is 10.1 Å². The summed E-state index contributed by atoms with van der Waals surface area (Å²) in [6.07, 6.45) is 3.64. The fraction of sp³-hybridized carbons (Fsp3) is 0.0909. The van der Waals surface area contributed by atoms with Gasteiger partial charge in [0.1, 0.15) is 28.2 Å². The predicted molar refractivity (Wildman–Crippen MR) is 118 cm³/mol. The molecule has 0 spiro atoms. The number of furan rings is 2. The van der Waals surface area contributed by atoms with Crippen molar-refractivity contribution >= 4 is 40.2 Å². The van der Waals surface area contributed by atoms with Crippen molar-refractivity contribution in [2.24, 2.45) is 0 Å². The average Bonchev–Trinajstić information content (AvgIpc) is 3.54. The number of amides is 1. The molecule has 0 unspecified atom stereocenters. The van der Waals surface area contributed by atoms with Crippen LogP contribution in [0.3, 0.4) is 0 Å². The molecule has 4 rings (SSSR count). The fourth-order valence-electron chi connectivity index (χ4n) is 2.63. The van der Waals surface area contributed by atoms with Gasteiger partial charge in [0.25, 0.3) is 5.91 Å². The number of nitrogens with one attached hydrogen (secondary N) is 1. The highest BCUT2D eigenvalue weighted by atomic mass is 32.2. The summed E-state index contributed by atoms with van der Waals surface area (Å²) in [5, 5.41) is 21.9. The van der Waals surface area contributed by atoms with Gasteiger partial charge >= 0.3 is 0 Å². The molecule has 0 aliphatic carbocycles. The Kier molecular flexibility index (Phi) is 6.62. The van der Waals surface area contributed by atoms with Crippen molar-refractivity contribution in [3.63, 3.8) is 0 Å². The van der Waals surface area contributed by atoms with Crippen molar-refractivity contribution in [2.45, 2.75) is 17.3 Å². The number of carbonyl (C=O) groups excluding carboxylic acids is 1. The molecule has 0 saturated carbocycles. The third-order valence-electron chi connectivity index (χ3n) is 4.08. The van der Waals surface area contributed by atoms with Gasteiger partial charge in [0.2, 0.25) is 5.13 Å². The lowest BCUT2D eigenvalue weighted by molar-refractivity contribution is -0.112. The number of hydrogen-bond acceptors (Lipinski definition) is 8. The van der Waals surface area contributed by atoms with E-state index in [1.54, 1.807) is 18.4 Å². The van der Waals surface area contributed by atoms with Crippen molar-refractivity contribution in [3.05, 3.63) is 88.5 Å². The summed E-state index contributed by atoms with van der Waals surface area (Å²) in [5.41, 5.74) is 1.02. The molecular weight excluding hydrogens is 432 g/mol. The first-order valence-corrected chi connectivity index (χ1v) is 11.0. The number of hydrogen-bond donors (Lipinski definition) is 1. The quantitative estimate of drug-likeness (QED) is 0.226. The summed E-state index contributed by atoms with van der Waals surface area (Å²) in [6, 6.07) is 19.0. The Labute approximate surface area is 186 Å². The Balaban J connectivity index is 1.37. The number of nitrogens with zero attached hydrogens (tertiary/aromatic N) is 3. The van der Waals surface area contributed by atoms with Crippen LogP contribution >= 0.6 is 23.1 Å². The molecule has 4 aromatic rings. The van der Waals surface area contributed by atoms with E-state index in [4.69, 9.17) is 8.83 Å². The van der Waals surface area contributed by atoms with E-state index in [-0.39, 0.29) is 5.57 Å². The number of thioether (sulfide) groups is 1. The highest BCUT2D eigenvalue weighted by Gasteiger charge is 2.14. The summed E-state index contributed by atoms with van der Waals surface area (Å²) in [4.78, 5) is 12.5. The minimum atomic E-state index is -0.564. The Morgan fingerprint density at radius 3 is 2.81 bits per heavy atom. The zero-order valence-corrected chi connectivity index (χ0v) is 17.8. The van der Waals surface area contributed by atoms with E-state index >= 15 is 0 Å². The van der Waals surface area contributed by atoms with Crippen LogP contribution in [-0.2, 0) is 17.0 Å². The van der Waals surface area contributed by atoms with Crippen LogP contribution in [0.15, 0.2) is 80.4 Å². The maximum atomic E-state index is 12.5. The van der Waals surface area contributed by atoms with Crippen LogP contribution in [0.2, 0.25) is 0 Å². The number of benzene rings is 1. The third kappa shape index (κ3) is 5.72. The third-order valence-corrected chi connectivity index (χ3v) is 5.85. The zero-order valence-electron chi connectivity index (χ0n) is 16.1. The molecule has 3 heterocycles. The van der Waals surface area contributed by atoms with Gasteiger partial charge in [-0.15, -0.1) is 10.2 Å². The lowest BCUT2D eigenvalue weighted by Crippen LogP contribution is -2.13. The van der Waals surface area contributed by atoms with Gasteiger partial charge in [0.05, 0.1) is 12.0 Å². The molecule has 7 nitrogen and oxygen atoms in total. The highest BCUT2D eigenvalue weighted by molar-refractivity contribution is 7.98. The maximum Gasteiger partial charge on any atom is 0.268 e. The fourth-order valence-corrected chi connectivity index (χ4v) is 4.17. The van der Waals surface area contributed by atoms with E-state index in [1.807, 2.05) is 48.5 Å². The summed E-state index contributed by atoms with van der Waals surface area (Å²) < 4.78 is 11.0. The molecule has 0 radical (unpaired) electrons. The molecular formula is C22H16N4O3S2. The van der Waals surface area contributed by atoms with E-state index < -0.39 is 5.91 Å². The van der Waals surface area contributed by atoms with Crippen LogP contribution in [0.1, 0.15) is 22.1 Å². The second-order valence-corrected chi connectivity index (χ2v) is 8.35. The average molecular weight is 449 g/mol. The van der Waals surface area contributed by atoms with Crippen molar-refractivity contribution in [2.75, 3.05) is 5.32 Å². The van der Waals surface area contributed by atoms with Crippen molar-refractivity contribution in [1.82, 2.24) is 10.2 Å². The lowest BCUT2D eigenvalue weighted by Gasteiger charge is -1.98. The molecule has 3 aromatic heterocycles. The van der Waals surface area contributed by atoms with E-state index in [0.29, 0.717) is 28.2 Å². The smallest absolute Gasteiger partial charge is 0.268 e. The van der Waals surface area contributed by atoms with Gasteiger partial charge < -0.3 is 8.83 Å². The highest BCUT2D eigenvalue weighted by Crippen LogP contribution is 2.26. The molecule has 1 N–H and O–H groups in total. The van der Waals surface area contributed by atoms with Crippen LogP contribution < -0.4 is 5.32 Å². The van der Waals surface area contributed by atoms with Gasteiger partial charge in [-0.1, -0.05) is 53.4 Å². The number of nitriles is 1. The molecule has 9 heteroatoms. The van der Waals surface area contributed by atoms with Crippen molar-refractivity contribution < 1.29 is 13.6 Å². The summed E-state index contributed by atoms with van der Waals surface area (Å²) >= 11 is 2.73. The molecule has 0 aliphatic heterocycles. The first-order chi connectivity index (χ1) is 15.2. The Bertz CT molecular complexity index is 1220. The summed E-state index contributed by atoms with van der Waals surface area (Å²) in [5.74, 6) is 1.30. The Hall–Kier alpha value is -3.61. The summed E-state index contributed by atoms with van der Waals surface area (Å²) in [7, 11) is 0. The van der Waals surface area contributed by atoms with Crippen LogP contribution in [0.4, 0.5) is 5.13 Å². The van der Waals surface area contributed by atoms with E-state index in [1.165, 1.54) is 29.2 Å². The minimum absolute atomic E-state index is 0.0863. The summed E-state index contributed by atoms with van der Waals surface area (Å²) in [6.45, 7) is 0. The largest absolute Gasteiger partial charge is 0.468 e. The number of anilines is 1. The molecule has 31 heavy (non-hydrogen) atoms. The van der Waals surface area contributed by atoms with Gasteiger partial charge in [-0.05, 0) is 29.8 Å². The van der Waals surface area contributed by atoms with Crippen LogP contribution in [0.5, 0.6) is 0 Å². The minimum Gasteiger partial charge on any atom is -0.468 e. The second-order valence-electron chi connectivity index (χ2n) is 6.31. The van der Waals surface area contributed by atoms with E-state index in [2.05, 4.69) is 15.5 Å². The van der Waals surface area contributed by atoms with E-state index in [0.717, 1.165) is 16.3 Å². The first-order valence-electron chi connectivity index (χ1n) is 9.24. The first kappa shape index (κ1) is 20.7. The molecule has 0 fully saturated rings.